The molecule has 0 unspecified atom stereocenters. The van der Waals surface area contributed by atoms with Crippen molar-refractivity contribution in [2.75, 3.05) is 36.4 Å². The summed E-state index contributed by atoms with van der Waals surface area (Å²) in [5, 5.41) is 3.56. The SMILES string of the molecule is CC(=O)N1CCN(c2ccccc2NC(=O)c2ccc(C)c(Cl)c2)CC1. The van der Waals surface area contributed by atoms with Crippen LogP contribution < -0.4 is 10.2 Å². The predicted octanol–water partition coefficient (Wildman–Crippen LogP) is 3.57. The van der Waals surface area contributed by atoms with E-state index in [1.807, 2.05) is 42.2 Å². The molecule has 136 valence electrons. The number of benzene rings is 2. The molecule has 26 heavy (non-hydrogen) atoms. The molecule has 0 saturated carbocycles. The second-order valence-corrected chi connectivity index (χ2v) is 6.84. The van der Waals surface area contributed by atoms with Gasteiger partial charge in [0.15, 0.2) is 0 Å². The van der Waals surface area contributed by atoms with Gasteiger partial charge < -0.3 is 15.1 Å². The van der Waals surface area contributed by atoms with Crippen LogP contribution in [0.25, 0.3) is 0 Å². The molecule has 0 aliphatic carbocycles. The molecule has 2 aromatic carbocycles. The molecule has 5 nitrogen and oxygen atoms in total. The van der Waals surface area contributed by atoms with Crippen LogP contribution in [-0.2, 0) is 4.79 Å². The van der Waals surface area contributed by atoms with E-state index in [1.54, 1.807) is 19.1 Å². The zero-order valence-corrected chi connectivity index (χ0v) is 15.7. The molecular weight excluding hydrogens is 350 g/mol. The second-order valence-electron chi connectivity index (χ2n) is 6.43. The van der Waals surface area contributed by atoms with Crippen LogP contribution >= 0.6 is 11.6 Å². The standard InChI is InChI=1S/C20H22ClN3O2/c1-14-7-8-16(13-17(14)21)20(26)22-18-5-3-4-6-19(18)24-11-9-23(10-12-24)15(2)25/h3-8,13H,9-12H2,1-2H3,(H,22,26). The summed E-state index contributed by atoms with van der Waals surface area (Å²) in [6.07, 6.45) is 0. The number of amides is 2. The Bertz CT molecular complexity index is 830. The van der Waals surface area contributed by atoms with Gasteiger partial charge in [-0.05, 0) is 36.8 Å². The van der Waals surface area contributed by atoms with E-state index in [9.17, 15) is 9.59 Å². The zero-order chi connectivity index (χ0) is 18.7. The largest absolute Gasteiger partial charge is 0.366 e. The summed E-state index contributed by atoms with van der Waals surface area (Å²) in [6.45, 7) is 6.35. The molecule has 0 spiro atoms. The lowest BCUT2D eigenvalue weighted by Gasteiger charge is -2.36. The third-order valence-corrected chi connectivity index (χ3v) is 5.06. The van der Waals surface area contributed by atoms with Crippen LogP contribution in [0.3, 0.4) is 0 Å². The van der Waals surface area contributed by atoms with Crippen molar-refractivity contribution in [3.8, 4) is 0 Å². The maximum absolute atomic E-state index is 12.6. The number of hydrogen-bond donors (Lipinski definition) is 1. The second kappa shape index (κ2) is 7.79. The number of anilines is 2. The Labute approximate surface area is 158 Å². The third-order valence-electron chi connectivity index (χ3n) is 4.65. The predicted molar refractivity (Wildman–Crippen MR) is 105 cm³/mol. The number of hydrogen-bond acceptors (Lipinski definition) is 3. The molecule has 2 aromatic rings. The van der Waals surface area contributed by atoms with Crippen molar-refractivity contribution in [1.29, 1.82) is 0 Å². The third kappa shape index (κ3) is 3.99. The maximum atomic E-state index is 12.6. The summed E-state index contributed by atoms with van der Waals surface area (Å²) in [4.78, 5) is 28.1. The first-order valence-corrected chi connectivity index (χ1v) is 9.00. The van der Waals surface area contributed by atoms with Crippen LogP contribution in [0.4, 0.5) is 11.4 Å². The number of nitrogens with zero attached hydrogens (tertiary/aromatic N) is 2. The van der Waals surface area contributed by atoms with Crippen LogP contribution in [0.2, 0.25) is 5.02 Å². The molecule has 1 heterocycles. The normalized spacial score (nSPS) is 14.3. The molecule has 1 fully saturated rings. The first kappa shape index (κ1) is 18.3. The average Bonchev–Trinajstić information content (AvgIpc) is 2.64. The maximum Gasteiger partial charge on any atom is 0.255 e. The van der Waals surface area contributed by atoms with E-state index in [1.165, 1.54) is 0 Å². The molecular formula is C20H22ClN3O2. The molecule has 1 saturated heterocycles. The lowest BCUT2D eigenvalue weighted by Crippen LogP contribution is -2.48. The van der Waals surface area contributed by atoms with E-state index < -0.39 is 0 Å². The Hall–Kier alpha value is -2.53. The molecule has 0 aromatic heterocycles. The van der Waals surface area contributed by atoms with Gasteiger partial charge >= 0.3 is 0 Å². The molecule has 3 rings (SSSR count). The van der Waals surface area contributed by atoms with E-state index in [-0.39, 0.29) is 11.8 Å². The van der Waals surface area contributed by atoms with E-state index in [2.05, 4.69) is 10.2 Å². The number of carbonyl (C=O) groups is 2. The zero-order valence-electron chi connectivity index (χ0n) is 15.0. The Balaban J connectivity index is 1.76. The van der Waals surface area contributed by atoms with Gasteiger partial charge in [0.25, 0.3) is 5.91 Å². The highest BCUT2D eigenvalue weighted by atomic mass is 35.5. The average molecular weight is 372 g/mol. The quantitative estimate of drug-likeness (QED) is 0.897. The molecule has 0 bridgehead atoms. The van der Waals surface area contributed by atoms with Crippen molar-refractivity contribution >= 4 is 34.8 Å². The topological polar surface area (TPSA) is 52.7 Å². The fourth-order valence-electron chi connectivity index (χ4n) is 3.05. The minimum absolute atomic E-state index is 0.0995. The van der Waals surface area contributed by atoms with Crippen molar-refractivity contribution in [1.82, 2.24) is 4.90 Å². The summed E-state index contributed by atoms with van der Waals surface area (Å²) in [6, 6.07) is 13.0. The van der Waals surface area contributed by atoms with Crippen molar-refractivity contribution in [3.05, 3.63) is 58.6 Å². The minimum atomic E-state index is -0.193. The van der Waals surface area contributed by atoms with Crippen LogP contribution in [0.1, 0.15) is 22.8 Å². The number of halogens is 1. The lowest BCUT2D eigenvalue weighted by atomic mass is 10.1. The molecule has 1 aliphatic heterocycles. The van der Waals surface area contributed by atoms with Crippen molar-refractivity contribution in [2.24, 2.45) is 0 Å². The molecule has 2 amide bonds. The van der Waals surface area contributed by atoms with Gasteiger partial charge in [0, 0.05) is 43.7 Å². The smallest absolute Gasteiger partial charge is 0.255 e. The first-order chi connectivity index (χ1) is 12.5. The Kier molecular flexibility index (Phi) is 5.47. The van der Waals surface area contributed by atoms with E-state index in [4.69, 9.17) is 11.6 Å². The highest BCUT2D eigenvalue weighted by Crippen LogP contribution is 2.27. The van der Waals surface area contributed by atoms with Gasteiger partial charge in [-0.1, -0.05) is 29.8 Å². The van der Waals surface area contributed by atoms with Crippen LogP contribution in [0.15, 0.2) is 42.5 Å². The molecule has 0 radical (unpaired) electrons. The Morgan fingerprint density at radius 3 is 2.38 bits per heavy atom. The molecule has 0 atom stereocenters. The fourth-order valence-corrected chi connectivity index (χ4v) is 3.23. The van der Waals surface area contributed by atoms with E-state index in [0.717, 1.165) is 30.0 Å². The lowest BCUT2D eigenvalue weighted by molar-refractivity contribution is -0.129. The number of nitrogens with one attached hydrogen (secondary N) is 1. The van der Waals surface area contributed by atoms with Gasteiger partial charge in [0.1, 0.15) is 0 Å². The van der Waals surface area contributed by atoms with Gasteiger partial charge in [0.2, 0.25) is 5.91 Å². The molecule has 6 heteroatoms. The highest BCUT2D eigenvalue weighted by Gasteiger charge is 2.21. The summed E-state index contributed by atoms with van der Waals surface area (Å²) in [7, 11) is 0. The number of rotatable bonds is 3. The van der Waals surface area contributed by atoms with Gasteiger partial charge in [-0.3, -0.25) is 9.59 Å². The Morgan fingerprint density at radius 1 is 1.04 bits per heavy atom. The molecule has 1 N–H and O–H groups in total. The van der Waals surface area contributed by atoms with Crippen molar-refractivity contribution < 1.29 is 9.59 Å². The van der Waals surface area contributed by atoms with Crippen molar-refractivity contribution in [3.63, 3.8) is 0 Å². The van der Waals surface area contributed by atoms with Crippen LogP contribution in [0.5, 0.6) is 0 Å². The number of para-hydroxylation sites is 2. The summed E-state index contributed by atoms with van der Waals surface area (Å²) >= 11 is 6.13. The first-order valence-electron chi connectivity index (χ1n) is 8.62. The fraction of sp³-hybridized carbons (Fsp3) is 0.300. The monoisotopic (exact) mass is 371 g/mol. The number of carbonyl (C=O) groups excluding carboxylic acids is 2. The van der Waals surface area contributed by atoms with E-state index >= 15 is 0 Å². The summed E-state index contributed by atoms with van der Waals surface area (Å²) < 4.78 is 0. The van der Waals surface area contributed by atoms with Crippen molar-refractivity contribution in [2.45, 2.75) is 13.8 Å². The van der Waals surface area contributed by atoms with Gasteiger partial charge in [0.05, 0.1) is 11.4 Å². The minimum Gasteiger partial charge on any atom is -0.366 e. The Morgan fingerprint density at radius 2 is 1.73 bits per heavy atom. The van der Waals surface area contributed by atoms with Gasteiger partial charge in [-0.2, -0.15) is 0 Å². The van der Waals surface area contributed by atoms with Crippen LogP contribution in [0, 0.1) is 6.92 Å². The van der Waals surface area contributed by atoms with Gasteiger partial charge in [-0.15, -0.1) is 0 Å². The van der Waals surface area contributed by atoms with E-state index in [0.29, 0.717) is 23.7 Å². The number of piperazine rings is 1. The summed E-state index contributed by atoms with van der Waals surface area (Å²) in [5.74, 6) is -0.0933. The highest BCUT2D eigenvalue weighted by molar-refractivity contribution is 6.31. The summed E-state index contributed by atoms with van der Waals surface area (Å²) in [5.41, 5.74) is 3.18. The van der Waals surface area contributed by atoms with Crippen LogP contribution in [-0.4, -0.2) is 42.9 Å². The number of aryl methyl sites for hydroxylation is 1. The van der Waals surface area contributed by atoms with Gasteiger partial charge in [-0.25, -0.2) is 0 Å². The molecule has 1 aliphatic rings.